The molecular weight excluding hydrogens is 362 g/mol. The van der Waals surface area contributed by atoms with E-state index in [0.29, 0.717) is 22.9 Å². The van der Waals surface area contributed by atoms with Crippen molar-refractivity contribution < 1.29 is 9.53 Å². The van der Waals surface area contributed by atoms with Crippen LogP contribution in [0.2, 0.25) is 5.02 Å². The van der Waals surface area contributed by atoms with E-state index >= 15 is 0 Å². The third kappa shape index (κ3) is 5.39. The van der Waals surface area contributed by atoms with E-state index < -0.39 is 0 Å². The van der Waals surface area contributed by atoms with Crippen LogP contribution in [0.4, 0.5) is 0 Å². The van der Waals surface area contributed by atoms with Crippen molar-refractivity contribution in [3.05, 3.63) is 94.8 Å². The Morgan fingerprint density at radius 3 is 2.48 bits per heavy atom. The molecule has 0 aliphatic carbocycles. The van der Waals surface area contributed by atoms with Gasteiger partial charge < -0.3 is 4.74 Å². The number of nitrogens with zero attached hydrogens (tertiary/aromatic N) is 2. The fourth-order valence-corrected chi connectivity index (χ4v) is 2.42. The van der Waals surface area contributed by atoms with Gasteiger partial charge in [-0.2, -0.15) is 5.10 Å². The lowest BCUT2D eigenvalue weighted by molar-refractivity contribution is 0.0955. The molecule has 0 radical (unpaired) electrons. The molecule has 27 heavy (non-hydrogen) atoms. The molecule has 1 heterocycles. The summed E-state index contributed by atoms with van der Waals surface area (Å²) in [5, 5.41) is 4.78. The molecule has 0 bridgehead atoms. The Morgan fingerprint density at radius 1 is 1.07 bits per heavy atom. The molecule has 6 heteroatoms. The Hall–Kier alpha value is -3.18. The first-order chi connectivity index (χ1) is 13.1. The van der Waals surface area contributed by atoms with Crippen LogP contribution < -0.4 is 10.2 Å². The topological polar surface area (TPSA) is 63.6 Å². The monoisotopic (exact) mass is 379 g/mol. The molecule has 0 fully saturated rings. The van der Waals surface area contributed by atoms with Crippen LogP contribution in [0.25, 0.3) is 0 Å². The molecule has 0 aliphatic heterocycles. The number of carbonyl (C=O) groups is 1. The molecule has 1 amide bonds. The third-order valence-corrected chi connectivity index (χ3v) is 4.09. The van der Waals surface area contributed by atoms with Crippen molar-refractivity contribution in [3.63, 3.8) is 0 Å². The van der Waals surface area contributed by atoms with E-state index in [4.69, 9.17) is 16.3 Å². The van der Waals surface area contributed by atoms with Crippen LogP contribution in [0, 0.1) is 0 Å². The number of hydrogen-bond acceptors (Lipinski definition) is 4. The summed E-state index contributed by atoms with van der Waals surface area (Å²) in [7, 11) is 0. The smallest absolute Gasteiger partial charge is 0.271 e. The maximum Gasteiger partial charge on any atom is 0.271 e. The summed E-state index contributed by atoms with van der Waals surface area (Å²) >= 11 is 5.85. The highest BCUT2D eigenvalue weighted by atomic mass is 35.5. The maximum absolute atomic E-state index is 12.2. The number of rotatable bonds is 6. The van der Waals surface area contributed by atoms with Gasteiger partial charge >= 0.3 is 0 Å². The summed E-state index contributed by atoms with van der Waals surface area (Å²) in [4.78, 5) is 16.3. The number of pyridine rings is 1. The molecular formula is C21H18ClN3O2. The van der Waals surface area contributed by atoms with Crippen LogP contribution in [0.1, 0.15) is 28.4 Å². The molecule has 5 nitrogen and oxygen atoms in total. The fourth-order valence-electron chi connectivity index (χ4n) is 2.29. The number of aromatic nitrogens is 1. The van der Waals surface area contributed by atoms with Gasteiger partial charge in [-0.25, -0.2) is 5.43 Å². The summed E-state index contributed by atoms with van der Waals surface area (Å²) in [6.07, 6.45) is 3.38. The van der Waals surface area contributed by atoms with Gasteiger partial charge in [-0.05, 0) is 55.0 Å². The summed E-state index contributed by atoms with van der Waals surface area (Å²) < 4.78 is 5.69. The van der Waals surface area contributed by atoms with Gasteiger partial charge in [0.2, 0.25) is 0 Å². The molecule has 1 aromatic heterocycles. The van der Waals surface area contributed by atoms with E-state index in [1.807, 2.05) is 43.3 Å². The number of halogens is 1. The molecule has 136 valence electrons. The number of hydrazone groups is 1. The van der Waals surface area contributed by atoms with Gasteiger partial charge in [-0.1, -0.05) is 29.8 Å². The van der Waals surface area contributed by atoms with Crippen molar-refractivity contribution in [2.24, 2.45) is 5.10 Å². The second-order valence-electron chi connectivity index (χ2n) is 5.82. The summed E-state index contributed by atoms with van der Waals surface area (Å²) in [6.45, 7) is 2.22. The molecule has 1 N–H and O–H groups in total. The van der Waals surface area contributed by atoms with Crippen molar-refractivity contribution in [1.82, 2.24) is 10.4 Å². The zero-order valence-electron chi connectivity index (χ0n) is 14.7. The van der Waals surface area contributed by atoms with Crippen LogP contribution in [-0.2, 0) is 6.61 Å². The lowest BCUT2D eigenvalue weighted by atomic mass is 10.1. The Balaban J connectivity index is 1.56. The normalized spacial score (nSPS) is 11.1. The number of nitrogens with one attached hydrogen (secondary N) is 1. The number of hydrogen-bond donors (Lipinski definition) is 1. The zero-order chi connectivity index (χ0) is 19.1. The summed E-state index contributed by atoms with van der Waals surface area (Å²) in [5.74, 6) is 0.463. The van der Waals surface area contributed by atoms with Gasteiger partial charge in [0.15, 0.2) is 0 Å². The lowest BCUT2D eigenvalue weighted by Crippen LogP contribution is -2.19. The minimum atomic E-state index is -0.275. The van der Waals surface area contributed by atoms with Crippen molar-refractivity contribution in [2.75, 3.05) is 0 Å². The van der Waals surface area contributed by atoms with E-state index in [0.717, 1.165) is 16.9 Å². The van der Waals surface area contributed by atoms with Crippen LogP contribution >= 0.6 is 11.6 Å². The predicted octanol–water partition coefficient (Wildman–Crippen LogP) is 4.47. The van der Waals surface area contributed by atoms with Crippen molar-refractivity contribution in [3.8, 4) is 5.75 Å². The molecule has 0 unspecified atom stereocenters. The standard InChI is InChI=1S/C21H18ClN3O2/c1-15(18-3-2-12-23-13-18)24-25-21(26)17-6-4-16(5-7-17)14-27-20-10-8-19(22)9-11-20/h2-13H,14H2,1H3,(H,25,26)/b24-15+. The first kappa shape index (κ1) is 18.6. The lowest BCUT2D eigenvalue weighted by Gasteiger charge is -2.07. The average Bonchev–Trinajstić information content (AvgIpc) is 2.72. The van der Waals surface area contributed by atoms with Gasteiger partial charge in [0.25, 0.3) is 5.91 Å². The highest BCUT2D eigenvalue weighted by Gasteiger charge is 2.06. The van der Waals surface area contributed by atoms with Gasteiger partial charge in [-0.15, -0.1) is 0 Å². The van der Waals surface area contributed by atoms with Crippen molar-refractivity contribution in [1.29, 1.82) is 0 Å². The Morgan fingerprint density at radius 2 is 1.81 bits per heavy atom. The minimum absolute atomic E-state index is 0.275. The Bertz CT molecular complexity index is 924. The van der Waals surface area contributed by atoms with E-state index in [2.05, 4.69) is 15.5 Å². The third-order valence-electron chi connectivity index (χ3n) is 3.84. The molecule has 3 rings (SSSR count). The second kappa shape index (κ2) is 8.96. The van der Waals surface area contributed by atoms with Crippen LogP contribution in [-0.4, -0.2) is 16.6 Å². The van der Waals surface area contributed by atoms with Gasteiger partial charge in [-0.3, -0.25) is 9.78 Å². The quantitative estimate of drug-likeness (QED) is 0.507. The maximum atomic E-state index is 12.2. The number of benzene rings is 2. The minimum Gasteiger partial charge on any atom is -0.489 e. The summed E-state index contributed by atoms with van der Waals surface area (Å²) in [5.41, 5.74) is 5.57. The number of amides is 1. The molecule has 0 saturated heterocycles. The number of carbonyl (C=O) groups excluding carboxylic acids is 1. The largest absolute Gasteiger partial charge is 0.489 e. The number of ether oxygens (including phenoxy) is 1. The Labute approximate surface area is 162 Å². The summed E-state index contributed by atoms with van der Waals surface area (Å²) in [6, 6.07) is 18.1. The molecule has 3 aromatic rings. The highest BCUT2D eigenvalue weighted by molar-refractivity contribution is 6.30. The fraction of sp³-hybridized carbons (Fsp3) is 0.0952. The van der Waals surface area contributed by atoms with E-state index in [1.54, 1.807) is 36.7 Å². The predicted molar refractivity (Wildman–Crippen MR) is 106 cm³/mol. The first-order valence-electron chi connectivity index (χ1n) is 8.34. The highest BCUT2D eigenvalue weighted by Crippen LogP contribution is 2.17. The van der Waals surface area contributed by atoms with E-state index in [-0.39, 0.29) is 5.91 Å². The van der Waals surface area contributed by atoms with Crippen molar-refractivity contribution in [2.45, 2.75) is 13.5 Å². The second-order valence-corrected chi connectivity index (χ2v) is 6.26. The SMILES string of the molecule is C/C(=N\NC(=O)c1ccc(COc2ccc(Cl)cc2)cc1)c1cccnc1. The van der Waals surface area contributed by atoms with Crippen molar-refractivity contribution >= 4 is 23.2 Å². The average molecular weight is 380 g/mol. The van der Waals surface area contributed by atoms with Crippen LogP contribution in [0.15, 0.2) is 78.2 Å². The molecule has 0 atom stereocenters. The van der Waals surface area contributed by atoms with E-state index in [9.17, 15) is 4.79 Å². The first-order valence-corrected chi connectivity index (χ1v) is 8.72. The molecule has 2 aromatic carbocycles. The van der Waals surface area contributed by atoms with Crippen LogP contribution in [0.3, 0.4) is 0 Å². The molecule has 0 saturated carbocycles. The van der Waals surface area contributed by atoms with Crippen LogP contribution in [0.5, 0.6) is 5.75 Å². The zero-order valence-corrected chi connectivity index (χ0v) is 15.5. The van der Waals surface area contributed by atoms with Gasteiger partial charge in [0, 0.05) is 28.5 Å². The van der Waals surface area contributed by atoms with Gasteiger partial charge in [0.1, 0.15) is 12.4 Å². The van der Waals surface area contributed by atoms with E-state index in [1.165, 1.54) is 0 Å². The molecule has 0 spiro atoms. The van der Waals surface area contributed by atoms with Gasteiger partial charge in [0.05, 0.1) is 5.71 Å². The molecule has 0 aliphatic rings. The Kier molecular flexibility index (Phi) is 6.18.